The van der Waals surface area contributed by atoms with E-state index < -0.39 is 0 Å². The number of nitrogens with zero attached hydrogens (tertiary/aromatic N) is 1. The van der Waals surface area contributed by atoms with Crippen molar-refractivity contribution in [1.82, 2.24) is 0 Å². The number of anilines is 3. The minimum Gasteiger partial charge on any atom is -0.309 e. The van der Waals surface area contributed by atoms with Crippen LogP contribution in [-0.2, 0) is 5.41 Å². The van der Waals surface area contributed by atoms with Crippen molar-refractivity contribution in [2.24, 2.45) is 23.7 Å². The van der Waals surface area contributed by atoms with Crippen LogP contribution in [0.2, 0.25) is 0 Å². The lowest BCUT2D eigenvalue weighted by Gasteiger charge is -2.61. The number of benzene rings is 8. The first-order chi connectivity index (χ1) is 27.2. The maximum absolute atomic E-state index is 2.62. The summed E-state index contributed by atoms with van der Waals surface area (Å²) < 4.78 is 0. The Balaban J connectivity index is 1.02. The molecule has 0 heterocycles. The maximum Gasteiger partial charge on any atom is 0.0546 e. The van der Waals surface area contributed by atoms with Gasteiger partial charge in [0, 0.05) is 22.1 Å². The lowest BCUT2D eigenvalue weighted by molar-refractivity contribution is -0.0399. The molecule has 4 fully saturated rings. The average Bonchev–Trinajstić information content (AvgIpc) is 3.53. The Kier molecular flexibility index (Phi) is 6.88. The van der Waals surface area contributed by atoms with Crippen molar-refractivity contribution in [3.8, 4) is 33.4 Å². The zero-order valence-corrected chi connectivity index (χ0v) is 31.0. The molecule has 55 heavy (non-hydrogen) atoms. The Hall–Kier alpha value is -5.92. The van der Waals surface area contributed by atoms with Crippen molar-refractivity contribution in [1.29, 1.82) is 0 Å². The number of hydrogen-bond donors (Lipinski definition) is 0. The number of rotatable bonds is 5. The summed E-state index contributed by atoms with van der Waals surface area (Å²) in [6, 6.07) is 66.1. The van der Waals surface area contributed by atoms with E-state index in [1.54, 1.807) is 11.1 Å². The van der Waals surface area contributed by atoms with Gasteiger partial charge >= 0.3 is 0 Å². The molecule has 5 aliphatic carbocycles. The van der Waals surface area contributed by atoms with Gasteiger partial charge in [-0.2, -0.15) is 0 Å². The zero-order chi connectivity index (χ0) is 36.1. The molecule has 0 atom stereocenters. The van der Waals surface area contributed by atoms with Crippen LogP contribution in [0.4, 0.5) is 17.1 Å². The van der Waals surface area contributed by atoms with Crippen LogP contribution < -0.4 is 4.90 Å². The highest BCUT2D eigenvalue weighted by molar-refractivity contribution is 6.15. The third kappa shape index (κ3) is 4.59. The van der Waals surface area contributed by atoms with E-state index in [1.165, 1.54) is 98.4 Å². The molecule has 1 spiro atoms. The van der Waals surface area contributed by atoms with Gasteiger partial charge in [-0.15, -0.1) is 0 Å². The van der Waals surface area contributed by atoms with Gasteiger partial charge in [0.2, 0.25) is 0 Å². The predicted molar refractivity (Wildman–Crippen MR) is 230 cm³/mol. The first-order valence-corrected chi connectivity index (χ1v) is 20.4. The molecule has 264 valence electrons. The van der Waals surface area contributed by atoms with E-state index in [-0.39, 0.29) is 5.41 Å². The van der Waals surface area contributed by atoms with E-state index in [0.717, 1.165) is 29.4 Å². The van der Waals surface area contributed by atoms with E-state index in [9.17, 15) is 0 Å². The molecule has 0 radical (unpaired) electrons. The minimum absolute atomic E-state index is 0.171. The largest absolute Gasteiger partial charge is 0.309 e. The molecule has 8 aromatic rings. The lowest BCUT2D eigenvalue weighted by atomic mass is 9.43. The molecule has 1 nitrogen and oxygen atoms in total. The van der Waals surface area contributed by atoms with Crippen LogP contribution in [0, 0.1) is 23.7 Å². The minimum atomic E-state index is 0.171. The molecule has 0 saturated heterocycles. The SMILES string of the molecule is c1ccc(-c2ccccc2N(c2ccc(-c3ccc4c(c3)C3(c5ccccc5-4)C4CC5CC(C4)CC3C5)cc2)c2cc3ccccc3c3ccccc23)cc1. The lowest BCUT2D eigenvalue weighted by Crippen LogP contribution is -2.55. The average molecular weight is 706 g/mol. The fourth-order valence-corrected chi connectivity index (χ4v) is 12.3. The zero-order valence-electron chi connectivity index (χ0n) is 31.0. The molecule has 0 N–H and O–H groups in total. The second-order valence-electron chi connectivity index (χ2n) is 16.9. The Morgan fingerprint density at radius 3 is 1.76 bits per heavy atom. The van der Waals surface area contributed by atoms with Crippen LogP contribution in [0.15, 0.2) is 176 Å². The van der Waals surface area contributed by atoms with Crippen LogP contribution in [0.25, 0.3) is 54.9 Å². The molecule has 4 bridgehead atoms. The van der Waals surface area contributed by atoms with E-state index >= 15 is 0 Å². The molecule has 4 saturated carbocycles. The fourth-order valence-electron chi connectivity index (χ4n) is 12.3. The van der Waals surface area contributed by atoms with Crippen LogP contribution >= 0.6 is 0 Å². The van der Waals surface area contributed by atoms with Crippen molar-refractivity contribution >= 4 is 38.6 Å². The van der Waals surface area contributed by atoms with Gasteiger partial charge in [0.25, 0.3) is 0 Å². The quantitative estimate of drug-likeness (QED) is 0.161. The first kappa shape index (κ1) is 31.4. The second-order valence-corrected chi connectivity index (χ2v) is 16.9. The van der Waals surface area contributed by atoms with Crippen molar-refractivity contribution in [2.45, 2.75) is 37.5 Å². The summed E-state index contributed by atoms with van der Waals surface area (Å²) in [7, 11) is 0. The van der Waals surface area contributed by atoms with Crippen molar-refractivity contribution in [3.05, 3.63) is 187 Å². The maximum atomic E-state index is 2.62. The van der Waals surface area contributed by atoms with E-state index in [1.807, 2.05) is 0 Å². The summed E-state index contributed by atoms with van der Waals surface area (Å²) in [4.78, 5) is 2.49. The summed E-state index contributed by atoms with van der Waals surface area (Å²) in [6.45, 7) is 0. The molecule has 0 unspecified atom stereocenters. The molecule has 1 heteroatoms. The molecular formula is C54H43N. The Labute approximate surface area is 323 Å². The summed E-state index contributed by atoms with van der Waals surface area (Å²) >= 11 is 0. The van der Waals surface area contributed by atoms with Gasteiger partial charge in [-0.05, 0) is 141 Å². The topological polar surface area (TPSA) is 3.24 Å². The predicted octanol–water partition coefficient (Wildman–Crippen LogP) is 14.5. The summed E-state index contributed by atoms with van der Waals surface area (Å²) in [5.41, 5.74) is 14.9. The van der Waals surface area contributed by atoms with Crippen molar-refractivity contribution in [3.63, 3.8) is 0 Å². The molecule has 13 rings (SSSR count). The standard InChI is InChI=1S/C54H43N/c1-2-12-38(13-3-1)45-16-9-11-21-52(45)55(53-34-40-14-4-5-15-44(40)46-17-6-7-19-49(46)53)43-25-22-37(23-26-43)39-24-27-48-47-18-8-10-20-50(47)54(51(48)33-39)41-29-35-28-36(31-41)32-42(54)30-35/h1-27,33-36,41-42H,28-32H2. The second kappa shape index (κ2) is 12.0. The van der Waals surface area contributed by atoms with Crippen molar-refractivity contribution in [2.75, 3.05) is 4.90 Å². The molecule has 0 aromatic heterocycles. The van der Waals surface area contributed by atoms with Gasteiger partial charge in [0.15, 0.2) is 0 Å². The number of para-hydroxylation sites is 1. The van der Waals surface area contributed by atoms with Gasteiger partial charge in [0.05, 0.1) is 11.4 Å². The van der Waals surface area contributed by atoms with Crippen LogP contribution in [-0.4, -0.2) is 0 Å². The fraction of sp³-hybridized carbons (Fsp3) is 0.185. The molecule has 0 amide bonds. The Bertz CT molecular complexity index is 2750. The van der Waals surface area contributed by atoms with Gasteiger partial charge in [-0.25, -0.2) is 0 Å². The van der Waals surface area contributed by atoms with E-state index in [0.29, 0.717) is 0 Å². The first-order valence-electron chi connectivity index (χ1n) is 20.4. The van der Waals surface area contributed by atoms with Gasteiger partial charge in [-0.3, -0.25) is 0 Å². The number of hydrogen-bond acceptors (Lipinski definition) is 1. The number of fused-ring (bicyclic) bond motifs is 6. The smallest absolute Gasteiger partial charge is 0.0546 e. The Morgan fingerprint density at radius 1 is 0.382 bits per heavy atom. The summed E-state index contributed by atoms with van der Waals surface area (Å²) in [5, 5.41) is 5.04. The monoisotopic (exact) mass is 705 g/mol. The normalized spacial score (nSPS) is 23.0. The molecular weight excluding hydrogens is 663 g/mol. The van der Waals surface area contributed by atoms with E-state index in [4.69, 9.17) is 0 Å². The van der Waals surface area contributed by atoms with Gasteiger partial charge < -0.3 is 4.90 Å². The highest BCUT2D eigenvalue weighted by atomic mass is 15.1. The third-order valence-electron chi connectivity index (χ3n) is 14.2. The van der Waals surface area contributed by atoms with Crippen LogP contribution in [0.5, 0.6) is 0 Å². The highest BCUT2D eigenvalue weighted by Crippen LogP contribution is 2.69. The van der Waals surface area contributed by atoms with Crippen LogP contribution in [0.1, 0.15) is 43.2 Å². The molecule has 8 aromatic carbocycles. The summed E-state index contributed by atoms with van der Waals surface area (Å²) in [5.74, 6) is 3.40. The molecule has 5 aliphatic rings. The van der Waals surface area contributed by atoms with E-state index in [2.05, 4.69) is 181 Å². The summed E-state index contributed by atoms with van der Waals surface area (Å²) in [6.07, 6.45) is 7.10. The van der Waals surface area contributed by atoms with Crippen molar-refractivity contribution < 1.29 is 0 Å². The van der Waals surface area contributed by atoms with Gasteiger partial charge in [0.1, 0.15) is 0 Å². The van der Waals surface area contributed by atoms with Crippen LogP contribution in [0.3, 0.4) is 0 Å². The van der Waals surface area contributed by atoms with Gasteiger partial charge in [-0.1, -0.05) is 146 Å². The third-order valence-corrected chi connectivity index (χ3v) is 14.2. The highest BCUT2D eigenvalue weighted by Gasteiger charge is 2.61. The Morgan fingerprint density at radius 2 is 0.982 bits per heavy atom. The molecule has 0 aliphatic heterocycles.